The second-order valence-electron chi connectivity index (χ2n) is 5.68. The van der Waals surface area contributed by atoms with E-state index in [-0.39, 0.29) is 0 Å². The van der Waals surface area contributed by atoms with Crippen LogP contribution in [0.4, 0.5) is 0 Å². The quantitative estimate of drug-likeness (QED) is 0.523. The van der Waals surface area contributed by atoms with Gasteiger partial charge in [-0.15, -0.1) is 0 Å². The van der Waals surface area contributed by atoms with Crippen molar-refractivity contribution in [2.75, 3.05) is 19.6 Å². The molecule has 2 fully saturated rings. The summed E-state index contributed by atoms with van der Waals surface area (Å²) in [5, 5.41) is 10.8. The first-order valence-corrected chi connectivity index (χ1v) is 5.77. The van der Waals surface area contributed by atoms with E-state index in [2.05, 4.69) is 36.7 Å². The Hall–Kier alpha value is -0.120. The molecule has 3 nitrogen and oxygen atoms in total. The third-order valence-electron chi connectivity index (χ3n) is 3.54. The van der Waals surface area contributed by atoms with Gasteiger partial charge in [-0.25, -0.2) is 0 Å². The van der Waals surface area contributed by atoms with Crippen LogP contribution >= 0.6 is 0 Å². The molecule has 3 N–H and O–H groups in total. The average Bonchev–Trinajstić information content (AvgIpc) is 2.16. The van der Waals surface area contributed by atoms with Crippen molar-refractivity contribution in [1.29, 1.82) is 0 Å². The van der Waals surface area contributed by atoms with Crippen molar-refractivity contribution >= 4 is 0 Å². The van der Waals surface area contributed by atoms with Crippen molar-refractivity contribution in [1.82, 2.24) is 16.0 Å². The molecule has 3 heteroatoms. The zero-order chi connectivity index (χ0) is 10.2. The van der Waals surface area contributed by atoms with Gasteiger partial charge in [-0.2, -0.15) is 0 Å². The lowest BCUT2D eigenvalue weighted by molar-refractivity contribution is 0.156. The standard InChI is InChI=1S/C11H23N3/c1-11(2,3)10-6-8-9(7-14-10)13-5-4-12-8/h8-10,12-14H,4-7H2,1-3H3. The maximum absolute atomic E-state index is 3.66. The molecule has 0 spiro atoms. The van der Waals surface area contributed by atoms with Crippen LogP contribution in [-0.2, 0) is 0 Å². The Bertz CT molecular complexity index is 197. The highest BCUT2D eigenvalue weighted by Gasteiger charge is 2.36. The molecule has 0 aromatic rings. The fourth-order valence-electron chi connectivity index (χ4n) is 2.53. The van der Waals surface area contributed by atoms with Crippen LogP contribution in [0.2, 0.25) is 0 Å². The van der Waals surface area contributed by atoms with E-state index in [1.807, 2.05) is 0 Å². The molecule has 82 valence electrons. The molecule has 2 saturated heterocycles. The van der Waals surface area contributed by atoms with Gasteiger partial charge in [0, 0.05) is 37.8 Å². The molecular formula is C11H23N3. The predicted molar refractivity (Wildman–Crippen MR) is 59.4 cm³/mol. The van der Waals surface area contributed by atoms with E-state index in [1.54, 1.807) is 0 Å². The van der Waals surface area contributed by atoms with Gasteiger partial charge in [0.25, 0.3) is 0 Å². The van der Waals surface area contributed by atoms with Crippen LogP contribution in [0.15, 0.2) is 0 Å². The molecule has 0 amide bonds. The molecule has 2 rings (SSSR count). The van der Waals surface area contributed by atoms with E-state index in [9.17, 15) is 0 Å². The molecule has 2 aliphatic rings. The van der Waals surface area contributed by atoms with E-state index in [4.69, 9.17) is 0 Å². The second kappa shape index (κ2) is 3.80. The normalized spacial score (nSPS) is 39.2. The van der Waals surface area contributed by atoms with Gasteiger partial charge in [0.15, 0.2) is 0 Å². The molecule has 0 aromatic heterocycles. The summed E-state index contributed by atoms with van der Waals surface area (Å²) in [5.74, 6) is 0. The highest BCUT2D eigenvalue weighted by molar-refractivity contribution is 4.98. The summed E-state index contributed by atoms with van der Waals surface area (Å²) in [6.07, 6.45) is 1.25. The fraction of sp³-hybridized carbons (Fsp3) is 1.00. The summed E-state index contributed by atoms with van der Waals surface area (Å²) in [6, 6.07) is 1.97. The summed E-state index contributed by atoms with van der Waals surface area (Å²) >= 11 is 0. The molecule has 14 heavy (non-hydrogen) atoms. The molecule has 0 saturated carbocycles. The number of piperidine rings is 1. The monoisotopic (exact) mass is 197 g/mol. The molecular weight excluding hydrogens is 174 g/mol. The van der Waals surface area contributed by atoms with Gasteiger partial charge in [-0.3, -0.25) is 0 Å². The first kappa shape index (κ1) is 10.4. The lowest BCUT2D eigenvalue weighted by Crippen LogP contribution is -2.66. The fourth-order valence-corrected chi connectivity index (χ4v) is 2.53. The smallest absolute Gasteiger partial charge is 0.0347 e. The van der Waals surface area contributed by atoms with Crippen molar-refractivity contribution in [2.45, 2.75) is 45.3 Å². The van der Waals surface area contributed by atoms with E-state index < -0.39 is 0 Å². The molecule has 0 aliphatic carbocycles. The van der Waals surface area contributed by atoms with Crippen LogP contribution in [0.3, 0.4) is 0 Å². The van der Waals surface area contributed by atoms with Gasteiger partial charge in [-0.1, -0.05) is 20.8 Å². The molecule has 0 aromatic carbocycles. The molecule has 2 heterocycles. The first-order valence-electron chi connectivity index (χ1n) is 5.77. The zero-order valence-electron chi connectivity index (χ0n) is 9.56. The van der Waals surface area contributed by atoms with Crippen LogP contribution in [0, 0.1) is 5.41 Å². The molecule has 3 atom stereocenters. The maximum Gasteiger partial charge on any atom is 0.0347 e. The maximum atomic E-state index is 3.66. The Morgan fingerprint density at radius 1 is 0.929 bits per heavy atom. The van der Waals surface area contributed by atoms with Gasteiger partial charge in [0.05, 0.1) is 0 Å². The lowest BCUT2D eigenvalue weighted by Gasteiger charge is -2.45. The Balaban J connectivity index is 1.96. The van der Waals surface area contributed by atoms with Crippen molar-refractivity contribution in [3.8, 4) is 0 Å². The minimum absolute atomic E-state index is 0.379. The van der Waals surface area contributed by atoms with Gasteiger partial charge >= 0.3 is 0 Å². The highest BCUT2D eigenvalue weighted by Crippen LogP contribution is 2.26. The number of rotatable bonds is 0. The van der Waals surface area contributed by atoms with E-state index >= 15 is 0 Å². The van der Waals surface area contributed by atoms with E-state index in [0.717, 1.165) is 19.6 Å². The van der Waals surface area contributed by atoms with E-state index in [0.29, 0.717) is 23.5 Å². The van der Waals surface area contributed by atoms with Crippen molar-refractivity contribution in [3.05, 3.63) is 0 Å². The van der Waals surface area contributed by atoms with Gasteiger partial charge in [-0.05, 0) is 11.8 Å². The minimum atomic E-state index is 0.379. The van der Waals surface area contributed by atoms with Crippen LogP contribution in [0.1, 0.15) is 27.2 Å². The summed E-state index contributed by atoms with van der Waals surface area (Å²) in [4.78, 5) is 0. The molecule has 0 radical (unpaired) electrons. The number of nitrogens with one attached hydrogen (secondary N) is 3. The van der Waals surface area contributed by atoms with Gasteiger partial charge < -0.3 is 16.0 Å². The third kappa shape index (κ3) is 2.10. The van der Waals surface area contributed by atoms with E-state index in [1.165, 1.54) is 6.42 Å². The number of piperazine rings is 1. The Morgan fingerprint density at radius 3 is 2.21 bits per heavy atom. The lowest BCUT2D eigenvalue weighted by atomic mass is 9.79. The zero-order valence-corrected chi connectivity index (χ0v) is 9.56. The van der Waals surface area contributed by atoms with Crippen LogP contribution in [-0.4, -0.2) is 37.8 Å². The Labute approximate surface area is 87.0 Å². The van der Waals surface area contributed by atoms with Gasteiger partial charge in [0.1, 0.15) is 0 Å². The van der Waals surface area contributed by atoms with Gasteiger partial charge in [0.2, 0.25) is 0 Å². The summed E-state index contributed by atoms with van der Waals surface area (Å²) in [6.45, 7) is 10.3. The summed E-state index contributed by atoms with van der Waals surface area (Å²) < 4.78 is 0. The SMILES string of the molecule is CC(C)(C)C1CC2NCCNC2CN1. The largest absolute Gasteiger partial charge is 0.312 e. The Morgan fingerprint density at radius 2 is 1.57 bits per heavy atom. The van der Waals surface area contributed by atoms with Crippen molar-refractivity contribution in [3.63, 3.8) is 0 Å². The average molecular weight is 197 g/mol. The minimum Gasteiger partial charge on any atom is -0.312 e. The Kier molecular flexibility index (Phi) is 2.82. The summed E-state index contributed by atoms with van der Waals surface area (Å²) in [5.41, 5.74) is 0.379. The molecule has 0 bridgehead atoms. The molecule has 3 unspecified atom stereocenters. The highest BCUT2D eigenvalue weighted by atomic mass is 15.1. The number of hydrogen-bond acceptors (Lipinski definition) is 3. The topological polar surface area (TPSA) is 36.1 Å². The predicted octanol–water partition coefficient (Wildman–Crippen LogP) is 0.324. The summed E-state index contributed by atoms with van der Waals surface area (Å²) in [7, 11) is 0. The first-order chi connectivity index (χ1) is 6.57. The van der Waals surface area contributed by atoms with Crippen LogP contribution < -0.4 is 16.0 Å². The van der Waals surface area contributed by atoms with Crippen LogP contribution in [0.5, 0.6) is 0 Å². The number of fused-ring (bicyclic) bond motifs is 1. The van der Waals surface area contributed by atoms with Crippen LogP contribution in [0.25, 0.3) is 0 Å². The molecule has 2 aliphatic heterocycles. The second-order valence-corrected chi connectivity index (χ2v) is 5.68. The van der Waals surface area contributed by atoms with Crippen molar-refractivity contribution < 1.29 is 0 Å². The number of hydrogen-bond donors (Lipinski definition) is 3. The van der Waals surface area contributed by atoms with Crippen molar-refractivity contribution in [2.24, 2.45) is 5.41 Å². The third-order valence-corrected chi connectivity index (χ3v) is 3.54.